The molecule has 2 saturated heterocycles. The fourth-order valence-corrected chi connectivity index (χ4v) is 5.03. The Hall–Kier alpha value is -3.01. The molecule has 198 valence electrons. The summed E-state index contributed by atoms with van der Waals surface area (Å²) >= 11 is 0. The van der Waals surface area contributed by atoms with Gasteiger partial charge in [0.1, 0.15) is 11.6 Å². The molecule has 0 amide bonds. The minimum Gasteiger partial charge on any atom is -0.496 e. The molecule has 2 aliphatic rings. The molecule has 2 fully saturated rings. The molecule has 2 aliphatic heterocycles. The van der Waals surface area contributed by atoms with E-state index in [0.29, 0.717) is 38.0 Å². The zero-order valence-corrected chi connectivity index (χ0v) is 22.4. The zero-order valence-electron chi connectivity index (χ0n) is 22.4. The van der Waals surface area contributed by atoms with E-state index < -0.39 is 0 Å². The number of hydrogen-bond acceptors (Lipinski definition) is 9. The van der Waals surface area contributed by atoms with Crippen molar-refractivity contribution >= 4 is 22.8 Å². The molecule has 5 rings (SSSR count). The van der Waals surface area contributed by atoms with Crippen LogP contribution in [-0.4, -0.2) is 80.2 Å². The van der Waals surface area contributed by atoms with Crippen LogP contribution in [0.5, 0.6) is 5.75 Å². The van der Waals surface area contributed by atoms with Gasteiger partial charge in [0.25, 0.3) is 0 Å². The summed E-state index contributed by atoms with van der Waals surface area (Å²) < 4.78 is 17.0. The lowest BCUT2D eigenvalue weighted by atomic mass is 10.1. The van der Waals surface area contributed by atoms with Crippen molar-refractivity contribution in [2.75, 3.05) is 63.0 Å². The van der Waals surface area contributed by atoms with Crippen LogP contribution in [0.25, 0.3) is 22.3 Å². The lowest BCUT2D eigenvalue weighted by molar-refractivity contribution is 0.0973. The van der Waals surface area contributed by atoms with Gasteiger partial charge in [-0.1, -0.05) is 6.92 Å². The highest BCUT2D eigenvalue weighted by Gasteiger charge is 2.27. The summed E-state index contributed by atoms with van der Waals surface area (Å²) in [6, 6.07) is 10.8. The highest BCUT2D eigenvalue weighted by atomic mass is 16.5. The second kappa shape index (κ2) is 11.6. The Labute approximate surface area is 219 Å². The number of rotatable bonds is 8. The maximum atomic E-state index is 5.71. The van der Waals surface area contributed by atoms with Crippen LogP contribution in [0.2, 0.25) is 0 Å². The van der Waals surface area contributed by atoms with Crippen molar-refractivity contribution in [2.24, 2.45) is 0 Å². The van der Waals surface area contributed by atoms with E-state index in [1.807, 2.05) is 6.07 Å². The molecule has 0 aliphatic carbocycles. The molecule has 0 radical (unpaired) electrons. The average molecular weight is 507 g/mol. The van der Waals surface area contributed by atoms with Gasteiger partial charge in [0.2, 0.25) is 5.95 Å². The fraction of sp³-hybridized carbons (Fsp3) is 0.536. The predicted octanol–water partition coefficient (Wildman–Crippen LogP) is 3.65. The summed E-state index contributed by atoms with van der Waals surface area (Å²) in [7, 11) is 1.71. The number of pyridine rings is 1. The first-order valence-electron chi connectivity index (χ1n) is 13.3. The van der Waals surface area contributed by atoms with E-state index in [4.69, 9.17) is 29.2 Å². The molecular weight excluding hydrogens is 468 g/mol. The van der Waals surface area contributed by atoms with Crippen molar-refractivity contribution in [3.05, 3.63) is 35.9 Å². The molecule has 0 unspecified atom stereocenters. The normalized spacial score (nSPS) is 20.4. The van der Waals surface area contributed by atoms with E-state index in [2.05, 4.69) is 60.2 Å². The minimum absolute atomic E-state index is 0.198. The lowest BCUT2D eigenvalue weighted by Gasteiger charge is -2.37. The highest BCUT2D eigenvalue weighted by molar-refractivity contribution is 5.90. The number of fused-ring (bicyclic) bond motifs is 1. The number of anilines is 2. The Morgan fingerprint density at radius 3 is 2.43 bits per heavy atom. The molecule has 4 heterocycles. The number of hydrogen-bond donors (Lipinski definition) is 1. The molecule has 2 atom stereocenters. The van der Waals surface area contributed by atoms with Crippen LogP contribution < -0.4 is 19.9 Å². The van der Waals surface area contributed by atoms with Crippen LogP contribution in [-0.2, 0) is 16.0 Å². The van der Waals surface area contributed by atoms with Gasteiger partial charge in [-0.2, -0.15) is 9.97 Å². The maximum absolute atomic E-state index is 5.71. The first-order valence-corrected chi connectivity index (χ1v) is 13.3. The fourth-order valence-electron chi connectivity index (χ4n) is 5.03. The van der Waals surface area contributed by atoms with Gasteiger partial charge in [0.15, 0.2) is 5.65 Å². The molecule has 37 heavy (non-hydrogen) atoms. The van der Waals surface area contributed by atoms with E-state index in [9.17, 15) is 0 Å². The quantitative estimate of drug-likeness (QED) is 0.460. The third kappa shape index (κ3) is 5.49. The SMILES string of the molecule is CCCNCc1cc(-c2ccc3c(N4CCOC[C@@H]4C)nc(N4CCOC[C@@H]4C)nc3n2)ccc1OC. The van der Waals surface area contributed by atoms with Gasteiger partial charge in [-0.05, 0) is 57.1 Å². The molecular formula is C28H38N6O3. The second-order valence-corrected chi connectivity index (χ2v) is 9.85. The van der Waals surface area contributed by atoms with Gasteiger partial charge in [-0.25, -0.2) is 4.98 Å². The van der Waals surface area contributed by atoms with Gasteiger partial charge >= 0.3 is 0 Å². The molecule has 1 aromatic carbocycles. The Balaban J connectivity index is 1.58. The Kier molecular flexibility index (Phi) is 8.02. The summed E-state index contributed by atoms with van der Waals surface area (Å²) in [6.07, 6.45) is 1.09. The van der Waals surface area contributed by atoms with Crippen LogP contribution in [0.1, 0.15) is 32.8 Å². The van der Waals surface area contributed by atoms with Gasteiger partial charge in [0, 0.05) is 30.8 Å². The summed E-state index contributed by atoms with van der Waals surface area (Å²) in [5.74, 6) is 2.51. The maximum Gasteiger partial charge on any atom is 0.229 e. The summed E-state index contributed by atoms with van der Waals surface area (Å²) in [6.45, 7) is 12.5. The molecule has 9 nitrogen and oxygen atoms in total. The minimum atomic E-state index is 0.198. The van der Waals surface area contributed by atoms with E-state index in [1.54, 1.807) is 7.11 Å². The molecule has 2 aromatic heterocycles. The van der Waals surface area contributed by atoms with Gasteiger partial charge in [0.05, 0.1) is 56.7 Å². The monoisotopic (exact) mass is 506 g/mol. The largest absolute Gasteiger partial charge is 0.496 e. The smallest absolute Gasteiger partial charge is 0.229 e. The molecule has 0 spiro atoms. The van der Waals surface area contributed by atoms with Gasteiger partial charge in [-0.3, -0.25) is 0 Å². The van der Waals surface area contributed by atoms with Gasteiger partial charge in [-0.15, -0.1) is 0 Å². The summed E-state index contributed by atoms with van der Waals surface area (Å²) in [5.41, 5.74) is 3.74. The number of morpholine rings is 2. The third-order valence-electron chi connectivity index (χ3n) is 7.11. The average Bonchev–Trinajstić information content (AvgIpc) is 2.93. The van der Waals surface area contributed by atoms with Crippen LogP contribution >= 0.6 is 0 Å². The van der Waals surface area contributed by atoms with Crippen molar-refractivity contribution in [2.45, 2.75) is 45.8 Å². The second-order valence-electron chi connectivity index (χ2n) is 9.85. The van der Waals surface area contributed by atoms with E-state index >= 15 is 0 Å². The van der Waals surface area contributed by atoms with Crippen molar-refractivity contribution in [1.82, 2.24) is 20.3 Å². The van der Waals surface area contributed by atoms with Crippen molar-refractivity contribution in [3.63, 3.8) is 0 Å². The van der Waals surface area contributed by atoms with E-state index in [-0.39, 0.29) is 12.1 Å². The van der Waals surface area contributed by atoms with Crippen LogP contribution in [0, 0.1) is 0 Å². The first-order chi connectivity index (χ1) is 18.1. The van der Waals surface area contributed by atoms with Gasteiger partial charge < -0.3 is 29.3 Å². The zero-order chi connectivity index (χ0) is 25.8. The molecule has 0 bridgehead atoms. The molecule has 3 aromatic rings. The number of ether oxygens (including phenoxy) is 3. The highest BCUT2D eigenvalue weighted by Crippen LogP contribution is 2.32. The lowest BCUT2D eigenvalue weighted by Crippen LogP contribution is -2.46. The topological polar surface area (TPSA) is 84.9 Å². The standard InChI is InChI=1S/C28H38N6O3/c1-5-10-29-16-22-15-21(6-9-25(22)35-4)24-8-7-23-26(30-24)31-28(34-12-14-37-18-20(34)3)32-27(23)33-11-13-36-17-19(33)2/h6-9,15,19-20,29H,5,10-14,16-18H2,1-4H3/t19-,20-/m0/s1. The number of nitrogens with zero attached hydrogens (tertiary/aromatic N) is 5. The van der Waals surface area contributed by atoms with Crippen molar-refractivity contribution < 1.29 is 14.2 Å². The van der Waals surface area contributed by atoms with Crippen molar-refractivity contribution in [3.8, 4) is 17.0 Å². The van der Waals surface area contributed by atoms with Crippen LogP contribution in [0.3, 0.4) is 0 Å². The van der Waals surface area contributed by atoms with Crippen LogP contribution in [0.4, 0.5) is 11.8 Å². The Morgan fingerprint density at radius 1 is 0.973 bits per heavy atom. The molecule has 0 saturated carbocycles. The summed E-state index contributed by atoms with van der Waals surface area (Å²) in [4.78, 5) is 19.7. The summed E-state index contributed by atoms with van der Waals surface area (Å²) in [5, 5.41) is 4.44. The third-order valence-corrected chi connectivity index (χ3v) is 7.11. The van der Waals surface area contributed by atoms with Crippen molar-refractivity contribution in [1.29, 1.82) is 0 Å². The molecule has 9 heteroatoms. The Bertz CT molecular complexity index is 1220. The predicted molar refractivity (Wildman–Crippen MR) is 147 cm³/mol. The van der Waals surface area contributed by atoms with E-state index in [0.717, 1.165) is 66.4 Å². The first kappa shape index (κ1) is 25.6. The Morgan fingerprint density at radius 2 is 1.73 bits per heavy atom. The van der Waals surface area contributed by atoms with Crippen LogP contribution in [0.15, 0.2) is 30.3 Å². The van der Waals surface area contributed by atoms with E-state index in [1.165, 1.54) is 0 Å². The number of benzene rings is 1. The number of methoxy groups -OCH3 is 1. The molecule has 1 N–H and O–H groups in total. The number of nitrogens with one attached hydrogen (secondary N) is 1. The number of aromatic nitrogens is 3.